The summed E-state index contributed by atoms with van der Waals surface area (Å²) >= 11 is 11.8. The molecule has 0 atom stereocenters. The summed E-state index contributed by atoms with van der Waals surface area (Å²) in [7, 11) is 2.01. The third-order valence-electron chi connectivity index (χ3n) is 4.13. The summed E-state index contributed by atoms with van der Waals surface area (Å²) in [5, 5.41) is 0. The summed E-state index contributed by atoms with van der Waals surface area (Å²) in [6.07, 6.45) is 1.95. The second-order valence-electron chi connectivity index (χ2n) is 5.80. The third kappa shape index (κ3) is 5.25. The highest BCUT2D eigenvalue weighted by molar-refractivity contribution is 6.18. The Kier molecular flexibility index (Phi) is 7.85. The number of rotatable bonds is 10. The Bertz CT molecular complexity index is 697. The molecule has 0 unspecified atom stereocenters. The molecule has 0 aliphatic carbocycles. The minimum Gasteiger partial charge on any atom is -0.466 e. The molecule has 5 nitrogen and oxygen atoms in total. The standard InChI is InChI=1S/C18H25Cl2N3O2/c1-3-18(24)25-12-4-5-17-21-15-13-14(6-7-16(15)22(17)2)23(10-8-19)11-9-20/h6-7,13H,3-5,8-12H2,1-2H3. The van der Waals surface area contributed by atoms with Gasteiger partial charge in [0.05, 0.1) is 17.6 Å². The van der Waals surface area contributed by atoms with Crippen LogP contribution in [0.2, 0.25) is 0 Å². The maximum atomic E-state index is 11.2. The maximum absolute atomic E-state index is 11.2. The molecule has 0 radical (unpaired) electrons. The number of nitrogens with zero attached hydrogens (tertiary/aromatic N) is 3. The smallest absolute Gasteiger partial charge is 0.305 e. The number of anilines is 1. The molecule has 2 rings (SSSR count). The molecule has 0 aliphatic heterocycles. The van der Waals surface area contributed by atoms with Gasteiger partial charge in [0.15, 0.2) is 0 Å². The Morgan fingerprint density at radius 3 is 2.64 bits per heavy atom. The van der Waals surface area contributed by atoms with E-state index in [1.54, 1.807) is 6.92 Å². The van der Waals surface area contributed by atoms with Gasteiger partial charge in [-0.2, -0.15) is 0 Å². The van der Waals surface area contributed by atoms with Crippen molar-refractivity contribution in [2.24, 2.45) is 7.05 Å². The van der Waals surface area contributed by atoms with Crippen molar-refractivity contribution < 1.29 is 9.53 Å². The molecule has 0 amide bonds. The second-order valence-corrected chi connectivity index (χ2v) is 6.56. The van der Waals surface area contributed by atoms with Gasteiger partial charge in [-0.25, -0.2) is 4.98 Å². The van der Waals surface area contributed by atoms with E-state index in [2.05, 4.69) is 27.7 Å². The Labute approximate surface area is 158 Å². The van der Waals surface area contributed by atoms with Crippen LogP contribution in [0.4, 0.5) is 5.69 Å². The molecule has 0 aliphatic rings. The van der Waals surface area contributed by atoms with E-state index in [0.29, 0.717) is 24.8 Å². The van der Waals surface area contributed by atoms with Crippen LogP contribution in [0.15, 0.2) is 18.2 Å². The summed E-state index contributed by atoms with van der Waals surface area (Å²) in [6, 6.07) is 6.23. The van der Waals surface area contributed by atoms with Crippen molar-refractivity contribution in [1.29, 1.82) is 0 Å². The summed E-state index contributed by atoms with van der Waals surface area (Å²) in [5.74, 6) is 1.94. The van der Waals surface area contributed by atoms with Crippen LogP contribution in [0.5, 0.6) is 0 Å². The number of halogens is 2. The molecule has 0 saturated carbocycles. The predicted molar refractivity (Wildman–Crippen MR) is 104 cm³/mol. The summed E-state index contributed by atoms with van der Waals surface area (Å²) in [5.41, 5.74) is 3.12. The lowest BCUT2D eigenvalue weighted by Gasteiger charge is -2.22. The first kappa shape index (κ1) is 19.9. The fourth-order valence-corrected chi connectivity index (χ4v) is 3.16. The van der Waals surface area contributed by atoms with E-state index in [1.165, 1.54) is 0 Å². The van der Waals surface area contributed by atoms with E-state index in [4.69, 9.17) is 32.9 Å². The largest absolute Gasteiger partial charge is 0.466 e. The molecular formula is C18H25Cl2N3O2. The van der Waals surface area contributed by atoms with Crippen molar-refractivity contribution in [2.45, 2.75) is 26.2 Å². The lowest BCUT2D eigenvalue weighted by molar-refractivity contribution is -0.143. The Morgan fingerprint density at radius 1 is 1.28 bits per heavy atom. The van der Waals surface area contributed by atoms with Crippen LogP contribution in [0, 0.1) is 0 Å². The monoisotopic (exact) mass is 385 g/mol. The lowest BCUT2D eigenvalue weighted by Crippen LogP contribution is -2.27. The van der Waals surface area contributed by atoms with E-state index in [9.17, 15) is 4.79 Å². The van der Waals surface area contributed by atoms with E-state index in [-0.39, 0.29) is 5.97 Å². The zero-order valence-electron chi connectivity index (χ0n) is 14.8. The normalized spacial score (nSPS) is 11.0. The van der Waals surface area contributed by atoms with Crippen LogP contribution in [0.3, 0.4) is 0 Å². The number of ether oxygens (including phenoxy) is 1. The van der Waals surface area contributed by atoms with Crippen LogP contribution in [-0.4, -0.2) is 47.0 Å². The van der Waals surface area contributed by atoms with Gasteiger partial charge >= 0.3 is 5.97 Å². The Balaban J connectivity index is 2.10. The SMILES string of the molecule is CCC(=O)OCCCc1nc2cc(N(CCCl)CCCl)ccc2n1C. The van der Waals surface area contributed by atoms with Gasteiger partial charge in [-0.15, -0.1) is 23.2 Å². The molecule has 7 heteroatoms. The summed E-state index contributed by atoms with van der Waals surface area (Å²) in [4.78, 5) is 18.1. The molecule has 0 N–H and O–H groups in total. The molecule has 0 bridgehead atoms. The number of carbonyl (C=O) groups excluding carboxylic acids is 1. The van der Waals surface area contributed by atoms with Gasteiger partial charge in [0, 0.05) is 50.4 Å². The van der Waals surface area contributed by atoms with Crippen molar-refractivity contribution >= 4 is 45.9 Å². The Hall–Kier alpha value is -1.46. The van der Waals surface area contributed by atoms with E-state index in [1.807, 2.05) is 7.05 Å². The fourth-order valence-electron chi connectivity index (χ4n) is 2.75. The van der Waals surface area contributed by atoms with E-state index >= 15 is 0 Å². The number of fused-ring (bicyclic) bond motifs is 1. The first-order chi connectivity index (χ1) is 12.1. The van der Waals surface area contributed by atoms with Gasteiger partial charge in [0.1, 0.15) is 5.82 Å². The van der Waals surface area contributed by atoms with Crippen molar-refractivity contribution in [2.75, 3.05) is 36.4 Å². The fraction of sp³-hybridized carbons (Fsp3) is 0.556. The lowest BCUT2D eigenvalue weighted by atomic mass is 10.2. The van der Waals surface area contributed by atoms with Gasteiger partial charge < -0.3 is 14.2 Å². The number of hydrogen-bond acceptors (Lipinski definition) is 4. The van der Waals surface area contributed by atoms with Crippen molar-refractivity contribution in [3.05, 3.63) is 24.0 Å². The highest BCUT2D eigenvalue weighted by Crippen LogP contribution is 2.23. The zero-order chi connectivity index (χ0) is 18.2. The van der Waals surface area contributed by atoms with Crippen LogP contribution in [-0.2, 0) is 23.0 Å². The number of hydrogen-bond donors (Lipinski definition) is 0. The number of carbonyl (C=O) groups is 1. The summed E-state index contributed by atoms with van der Waals surface area (Å²) < 4.78 is 7.22. The number of esters is 1. The molecular weight excluding hydrogens is 361 g/mol. The highest BCUT2D eigenvalue weighted by atomic mass is 35.5. The van der Waals surface area contributed by atoms with Gasteiger partial charge in [0.2, 0.25) is 0 Å². The number of imidazole rings is 1. The van der Waals surface area contributed by atoms with Crippen LogP contribution in [0.1, 0.15) is 25.6 Å². The van der Waals surface area contributed by atoms with E-state index < -0.39 is 0 Å². The second kappa shape index (κ2) is 9.88. The third-order valence-corrected chi connectivity index (χ3v) is 4.47. The number of benzene rings is 1. The molecule has 1 aromatic heterocycles. The maximum Gasteiger partial charge on any atom is 0.305 e. The molecule has 0 saturated heterocycles. The van der Waals surface area contributed by atoms with Gasteiger partial charge in [0.25, 0.3) is 0 Å². The molecule has 0 spiro atoms. The van der Waals surface area contributed by atoms with Gasteiger partial charge in [-0.3, -0.25) is 4.79 Å². The predicted octanol–water partition coefficient (Wildman–Crippen LogP) is 3.74. The quantitative estimate of drug-likeness (QED) is 0.355. The Morgan fingerprint density at radius 2 is 2.00 bits per heavy atom. The zero-order valence-corrected chi connectivity index (χ0v) is 16.3. The van der Waals surface area contributed by atoms with Crippen LogP contribution >= 0.6 is 23.2 Å². The first-order valence-corrected chi connectivity index (χ1v) is 9.65. The minimum atomic E-state index is -0.159. The number of alkyl halides is 2. The van der Waals surface area contributed by atoms with Crippen LogP contribution < -0.4 is 4.90 Å². The highest BCUT2D eigenvalue weighted by Gasteiger charge is 2.11. The summed E-state index contributed by atoms with van der Waals surface area (Å²) in [6.45, 7) is 3.73. The number of aryl methyl sites for hydroxylation is 2. The van der Waals surface area contributed by atoms with Crippen molar-refractivity contribution in [1.82, 2.24) is 9.55 Å². The van der Waals surface area contributed by atoms with Crippen molar-refractivity contribution in [3.8, 4) is 0 Å². The molecule has 25 heavy (non-hydrogen) atoms. The average molecular weight is 386 g/mol. The molecule has 0 fully saturated rings. The van der Waals surface area contributed by atoms with Gasteiger partial charge in [-0.05, 0) is 24.6 Å². The average Bonchev–Trinajstić information content (AvgIpc) is 2.93. The molecule has 138 valence electrons. The molecule has 1 heterocycles. The topological polar surface area (TPSA) is 47.4 Å². The molecule has 2 aromatic rings. The number of aromatic nitrogens is 2. The van der Waals surface area contributed by atoms with Crippen molar-refractivity contribution in [3.63, 3.8) is 0 Å². The van der Waals surface area contributed by atoms with Crippen LogP contribution in [0.25, 0.3) is 11.0 Å². The van der Waals surface area contributed by atoms with Gasteiger partial charge in [-0.1, -0.05) is 6.92 Å². The minimum absolute atomic E-state index is 0.159. The van der Waals surface area contributed by atoms with E-state index in [0.717, 1.165) is 48.5 Å². The molecule has 1 aromatic carbocycles. The first-order valence-electron chi connectivity index (χ1n) is 8.58.